The van der Waals surface area contributed by atoms with Crippen LogP contribution in [0, 0.1) is 5.82 Å². The molecule has 8 nitrogen and oxygen atoms in total. The van der Waals surface area contributed by atoms with Gasteiger partial charge in [0.15, 0.2) is 0 Å². The highest BCUT2D eigenvalue weighted by atomic mass is 35.5. The van der Waals surface area contributed by atoms with Crippen LogP contribution in [0.25, 0.3) is 5.69 Å². The Hall–Kier alpha value is -2.38. The molecule has 14 heteroatoms. The molecule has 2 N–H and O–H groups in total. The minimum Gasteiger partial charge on any atom is -0.292 e. The zero-order chi connectivity index (χ0) is 20.7. The molecular formula is C13H11ClF4N4O4S. The van der Waals surface area contributed by atoms with E-state index in [0.717, 1.165) is 14.1 Å². The van der Waals surface area contributed by atoms with Gasteiger partial charge in [0.25, 0.3) is 15.8 Å². The summed E-state index contributed by atoms with van der Waals surface area (Å²) in [5.74, 6) is -1.23. The molecule has 1 aromatic heterocycles. The van der Waals surface area contributed by atoms with Gasteiger partial charge in [-0.25, -0.2) is 18.5 Å². The highest BCUT2D eigenvalue weighted by molar-refractivity contribution is 7.90. The van der Waals surface area contributed by atoms with Gasteiger partial charge in [0, 0.05) is 20.2 Å². The van der Waals surface area contributed by atoms with Crippen LogP contribution in [-0.4, -0.2) is 24.6 Å². The van der Waals surface area contributed by atoms with Crippen LogP contribution in [0.4, 0.5) is 23.2 Å². The molecule has 0 unspecified atom stereocenters. The maximum atomic E-state index is 14.2. The maximum Gasteiger partial charge on any atom is 0.431 e. The summed E-state index contributed by atoms with van der Waals surface area (Å²) in [6, 6.07) is 1.43. The van der Waals surface area contributed by atoms with Crippen LogP contribution in [-0.2, 0) is 23.4 Å². The van der Waals surface area contributed by atoms with Crippen molar-refractivity contribution in [3.05, 3.63) is 55.6 Å². The number of alkyl halides is 3. The number of aromatic nitrogens is 2. The first kappa shape index (κ1) is 20.9. The fourth-order valence-electron chi connectivity index (χ4n) is 2.10. The van der Waals surface area contributed by atoms with E-state index in [1.54, 1.807) is 0 Å². The number of anilines is 1. The van der Waals surface area contributed by atoms with Crippen molar-refractivity contribution in [2.75, 3.05) is 11.8 Å². The molecule has 0 fully saturated rings. The zero-order valence-electron chi connectivity index (χ0n) is 13.6. The van der Waals surface area contributed by atoms with Crippen LogP contribution >= 0.6 is 11.6 Å². The Labute approximate surface area is 154 Å². The topological polar surface area (TPSA) is 102 Å². The van der Waals surface area contributed by atoms with Gasteiger partial charge < -0.3 is 0 Å². The van der Waals surface area contributed by atoms with Crippen LogP contribution in [0.2, 0.25) is 5.02 Å². The van der Waals surface area contributed by atoms with Gasteiger partial charge in [-0.2, -0.15) is 21.6 Å². The molecule has 0 bridgehead atoms. The van der Waals surface area contributed by atoms with Crippen molar-refractivity contribution in [2.45, 2.75) is 6.18 Å². The molecule has 148 valence electrons. The van der Waals surface area contributed by atoms with E-state index in [4.69, 9.17) is 11.6 Å². The summed E-state index contributed by atoms with van der Waals surface area (Å²) in [6.45, 7) is 0. The molecule has 0 radical (unpaired) electrons. The number of nitrogens with one attached hydrogen (secondary N) is 2. The minimum atomic E-state index is -4.99. The van der Waals surface area contributed by atoms with Gasteiger partial charge in [0.2, 0.25) is 0 Å². The van der Waals surface area contributed by atoms with Gasteiger partial charge in [-0.15, -0.1) is 0 Å². The van der Waals surface area contributed by atoms with Crippen molar-refractivity contribution >= 4 is 27.5 Å². The first-order valence-electron chi connectivity index (χ1n) is 6.89. The lowest BCUT2D eigenvalue weighted by Crippen LogP contribution is -2.41. The van der Waals surface area contributed by atoms with Crippen LogP contribution in [0.3, 0.4) is 0 Å². The fourth-order valence-corrected chi connectivity index (χ4v) is 2.92. The van der Waals surface area contributed by atoms with Crippen molar-refractivity contribution < 1.29 is 26.0 Å². The molecule has 0 aliphatic rings. The molecule has 2 aromatic rings. The molecule has 0 saturated carbocycles. The second kappa shape index (κ2) is 6.98. The molecule has 0 saturated heterocycles. The Kier molecular flexibility index (Phi) is 5.41. The van der Waals surface area contributed by atoms with Crippen LogP contribution < -0.4 is 20.7 Å². The summed E-state index contributed by atoms with van der Waals surface area (Å²) in [5, 5.41) is -0.410. The van der Waals surface area contributed by atoms with E-state index in [1.807, 2.05) is 9.44 Å². The van der Waals surface area contributed by atoms with E-state index in [-0.39, 0.29) is 15.2 Å². The smallest absolute Gasteiger partial charge is 0.292 e. The third kappa shape index (κ3) is 4.14. The Balaban J connectivity index is 2.78. The summed E-state index contributed by atoms with van der Waals surface area (Å²) < 4.78 is 80.1. The van der Waals surface area contributed by atoms with E-state index in [9.17, 15) is 35.6 Å². The van der Waals surface area contributed by atoms with Crippen LogP contribution in [0.5, 0.6) is 0 Å². The first-order valence-corrected chi connectivity index (χ1v) is 8.75. The molecule has 0 aliphatic heterocycles. The lowest BCUT2D eigenvalue weighted by atomic mass is 10.2. The standard InChI is InChI=1S/C13H11ClF4N4O4S/c1-19-27(25,26)20-8-4-9(7(15)3-6(8)14)22-11(23)5-10(13(16,17)18)21(2)12(22)24/h3-5,19-20H,1-2H3. The second-order valence-electron chi connectivity index (χ2n) is 5.14. The van der Waals surface area contributed by atoms with Crippen molar-refractivity contribution in [1.82, 2.24) is 13.9 Å². The molecule has 0 atom stereocenters. The first-order chi connectivity index (χ1) is 12.3. The Morgan fingerprint density at radius 1 is 1.15 bits per heavy atom. The summed E-state index contributed by atoms with van der Waals surface area (Å²) >= 11 is 5.73. The number of rotatable bonds is 4. The van der Waals surface area contributed by atoms with E-state index >= 15 is 0 Å². The summed E-state index contributed by atoms with van der Waals surface area (Å²) in [6.07, 6.45) is -4.99. The maximum absolute atomic E-state index is 14.2. The van der Waals surface area contributed by atoms with Gasteiger partial charge in [-0.05, 0) is 12.1 Å². The molecule has 2 rings (SSSR count). The summed E-state index contributed by atoms with van der Waals surface area (Å²) in [7, 11) is -2.27. The van der Waals surface area contributed by atoms with E-state index < -0.39 is 55.5 Å². The molecule has 1 aromatic carbocycles. The summed E-state index contributed by atoms with van der Waals surface area (Å²) in [5.41, 5.74) is -5.67. The minimum absolute atomic E-state index is 0.118. The van der Waals surface area contributed by atoms with Crippen molar-refractivity contribution in [3.8, 4) is 5.69 Å². The summed E-state index contributed by atoms with van der Waals surface area (Å²) in [4.78, 5) is 24.3. The van der Waals surface area contributed by atoms with Gasteiger partial charge in [-0.1, -0.05) is 11.6 Å². The highest BCUT2D eigenvalue weighted by Gasteiger charge is 2.35. The second-order valence-corrected chi connectivity index (χ2v) is 7.16. The SMILES string of the molecule is CNS(=O)(=O)Nc1cc(-n2c(=O)cc(C(F)(F)F)n(C)c2=O)c(F)cc1Cl. The number of halogens is 5. The fraction of sp³-hybridized carbons (Fsp3) is 0.231. The monoisotopic (exact) mass is 430 g/mol. The average Bonchev–Trinajstić information content (AvgIpc) is 2.53. The zero-order valence-corrected chi connectivity index (χ0v) is 15.1. The molecule has 0 aliphatic carbocycles. The molecule has 27 heavy (non-hydrogen) atoms. The quantitative estimate of drug-likeness (QED) is 0.712. The van der Waals surface area contributed by atoms with Crippen LogP contribution in [0.1, 0.15) is 5.69 Å². The number of benzene rings is 1. The van der Waals surface area contributed by atoms with Crippen molar-refractivity contribution in [3.63, 3.8) is 0 Å². The molecule has 0 amide bonds. The van der Waals surface area contributed by atoms with Gasteiger partial charge in [0.05, 0.1) is 16.4 Å². The largest absolute Gasteiger partial charge is 0.431 e. The van der Waals surface area contributed by atoms with Gasteiger partial charge in [-0.3, -0.25) is 14.1 Å². The Morgan fingerprint density at radius 3 is 2.26 bits per heavy atom. The predicted octanol–water partition coefficient (Wildman–Crippen LogP) is 1.22. The number of hydrogen-bond donors (Lipinski definition) is 2. The Morgan fingerprint density at radius 2 is 1.74 bits per heavy atom. The lowest BCUT2D eigenvalue weighted by molar-refractivity contribution is -0.144. The normalized spacial score (nSPS) is 12.3. The molecule has 1 heterocycles. The van der Waals surface area contributed by atoms with E-state index in [0.29, 0.717) is 12.1 Å². The van der Waals surface area contributed by atoms with Gasteiger partial charge >= 0.3 is 11.9 Å². The van der Waals surface area contributed by atoms with E-state index in [2.05, 4.69) is 0 Å². The Bertz CT molecular complexity index is 1120. The van der Waals surface area contributed by atoms with Gasteiger partial charge in [0.1, 0.15) is 11.5 Å². The van der Waals surface area contributed by atoms with Crippen molar-refractivity contribution in [1.29, 1.82) is 0 Å². The molecule has 0 spiro atoms. The van der Waals surface area contributed by atoms with Crippen LogP contribution in [0.15, 0.2) is 27.8 Å². The van der Waals surface area contributed by atoms with E-state index in [1.165, 1.54) is 0 Å². The third-order valence-corrected chi connectivity index (χ3v) is 4.74. The predicted molar refractivity (Wildman–Crippen MR) is 88.9 cm³/mol. The third-order valence-electron chi connectivity index (χ3n) is 3.40. The molecular weight excluding hydrogens is 420 g/mol. The average molecular weight is 431 g/mol. The number of hydrogen-bond acceptors (Lipinski definition) is 4. The number of nitrogens with zero attached hydrogens (tertiary/aromatic N) is 2. The van der Waals surface area contributed by atoms with Crippen molar-refractivity contribution in [2.24, 2.45) is 7.05 Å². The highest BCUT2D eigenvalue weighted by Crippen LogP contribution is 2.29. The lowest BCUT2D eigenvalue weighted by Gasteiger charge is -2.15.